The van der Waals surface area contributed by atoms with E-state index < -0.39 is 30.6 Å². The van der Waals surface area contributed by atoms with Crippen LogP contribution in [0.25, 0.3) is 0 Å². The Labute approximate surface area is 68.2 Å². The summed E-state index contributed by atoms with van der Waals surface area (Å²) in [7, 11) is 1.12. The highest BCUT2D eigenvalue weighted by Gasteiger charge is 2.36. The molecule has 0 radical (unpaired) electrons. The van der Waals surface area contributed by atoms with Crippen LogP contribution in [0.15, 0.2) is 0 Å². The summed E-state index contributed by atoms with van der Waals surface area (Å²) in [6.07, 6.45) is -1.11. The zero-order valence-electron chi connectivity index (χ0n) is 6.50. The lowest BCUT2D eigenvalue weighted by Gasteiger charge is -2.18. The molecule has 0 amide bonds. The first-order valence-electron chi connectivity index (χ1n) is 3.25. The van der Waals surface area contributed by atoms with Gasteiger partial charge in [0.15, 0.2) is 0 Å². The summed E-state index contributed by atoms with van der Waals surface area (Å²) in [5.41, 5.74) is 0. The number of hydrogen-bond donors (Lipinski definition) is 3. The average molecular weight is 179 g/mol. The van der Waals surface area contributed by atoms with Crippen molar-refractivity contribution in [3.8, 4) is 0 Å². The van der Waals surface area contributed by atoms with Gasteiger partial charge < -0.3 is 10.2 Å². The third-order valence-corrected chi connectivity index (χ3v) is 1.42. The molecule has 0 fully saturated rings. The van der Waals surface area contributed by atoms with E-state index in [0.29, 0.717) is 0 Å². The maximum Gasteiger partial charge on any atom is 0.356 e. The van der Waals surface area contributed by atoms with E-state index >= 15 is 0 Å². The highest BCUT2D eigenvalue weighted by Crippen LogP contribution is 2.14. The number of carboxylic acid groups (broad SMARTS) is 2. The first-order chi connectivity index (χ1) is 5.42. The molecule has 0 aromatic rings. The van der Waals surface area contributed by atoms with Gasteiger partial charge in [0.2, 0.25) is 0 Å². The molecule has 0 aliphatic heterocycles. The first kappa shape index (κ1) is 10.8. The number of rotatable bonds is 5. The minimum absolute atomic E-state index is 0.524. The van der Waals surface area contributed by atoms with Gasteiger partial charge in [0.25, 0.3) is 5.79 Å². The van der Waals surface area contributed by atoms with E-state index in [-0.39, 0.29) is 0 Å². The highest BCUT2D eigenvalue weighted by molar-refractivity contribution is 5.77. The van der Waals surface area contributed by atoms with Crippen molar-refractivity contribution in [1.29, 1.82) is 0 Å². The number of hydrogen-bond acceptors (Lipinski definition) is 3. The number of nitrogens with one attached hydrogen (secondary N) is 1. The van der Waals surface area contributed by atoms with Crippen LogP contribution in [0, 0.1) is 0 Å². The molecule has 0 aromatic carbocycles. The van der Waals surface area contributed by atoms with Crippen molar-refractivity contribution in [2.45, 2.75) is 18.6 Å². The number of halogens is 1. The average Bonchev–Trinajstić information content (AvgIpc) is 1.99. The normalized spacial score (nSPS) is 15.2. The molecule has 12 heavy (non-hydrogen) atoms. The van der Waals surface area contributed by atoms with Crippen molar-refractivity contribution in [3.05, 3.63) is 0 Å². The van der Waals surface area contributed by atoms with E-state index in [9.17, 15) is 14.0 Å². The Morgan fingerprint density at radius 2 is 2.00 bits per heavy atom. The summed E-state index contributed by atoms with van der Waals surface area (Å²) in [5, 5.41) is 18.4. The SMILES string of the molecule is CN[C@@](F)(CCC(=O)O)C(=O)O. The zero-order valence-corrected chi connectivity index (χ0v) is 6.50. The van der Waals surface area contributed by atoms with Crippen LogP contribution in [-0.4, -0.2) is 35.0 Å². The van der Waals surface area contributed by atoms with E-state index in [4.69, 9.17) is 10.2 Å². The van der Waals surface area contributed by atoms with Gasteiger partial charge >= 0.3 is 11.9 Å². The smallest absolute Gasteiger partial charge is 0.356 e. The number of likely N-dealkylation sites (N-methyl/N-ethyl adjacent to an activating group) is 1. The van der Waals surface area contributed by atoms with Crippen LogP contribution in [-0.2, 0) is 9.59 Å². The summed E-state index contributed by atoms with van der Waals surface area (Å²) in [6.45, 7) is 0. The monoisotopic (exact) mass is 179 g/mol. The third kappa shape index (κ3) is 2.83. The molecule has 0 spiro atoms. The van der Waals surface area contributed by atoms with Gasteiger partial charge in [0.1, 0.15) is 0 Å². The lowest BCUT2D eigenvalue weighted by atomic mass is 10.1. The Hall–Kier alpha value is -1.17. The Balaban J connectivity index is 4.15. The van der Waals surface area contributed by atoms with E-state index in [1.165, 1.54) is 0 Å². The standard InChI is InChI=1S/C6H10FNO4/c1-8-6(7,5(11)12)3-2-4(9)10/h8H,2-3H2,1H3,(H,9,10)(H,11,12)/t6-/m0/s1. The van der Waals surface area contributed by atoms with Gasteiger partial charge in [-0.1, -0.05) is 0 Å². The quantitative estimate of drug-likeness (QED) is 0.509. The second kappa shape index (κ2) is 4.01. The first-order valence-corrected chi connectivity index (χ1v) is 3.25. The minimum atomic E-state index is -2.64. The van der Waals surface area contributed by atoms with E-state index in [0.717, 1.165) is 7.05 Å². The maximum atomic E-state index is 13.0. The topological polar surface area (TPSA) is 86.6 Å². The lowest BCUT2D eigenvalue weighted by molar-refractivity contribution is -0.154. The molecule has 0 saturated heterocycles. The fourth-order valence-corrected chi connectivity index (χ4v) is 0.618. The molecule has 6 heteroatoms. The second-order valence-electron chi connectivity index (χ2n) is 2.25. The Morgan fingerprint density at radius 1 is 1.50 bits per heavy atom. The zero-order chi connectivity index (χ0) is 9.78. The van der Waals surface area contributed by atoms with Crippen LogP contribution in [0.2, 0.25) is 0 Å². The molecule has 5 nitrogen and oxygen atoms in total. The molecule has 0 rings (SSSR count). The van der Waals surface area contributed by atoms with Gasteiger partial charge in [-0.25, -0.2) is 9.18 Å². The summed E-state index contributed by atoms with van der Waals surface area (Å²) in [5.74, 6) is -5.57. The molecule has 3 N–H and O–H groups in total. The van der Waals surface area contributed by atoms with Crippen molar-refractivity contribution in [3.63, 3.8) is 0 Å². The van der Waals surface area contributed by atoms with Crippen molar-refractivity contribution >= 4 is 11.9 Å². The molecular weight excluding hydrogens is 169 g/mol. The summed E-state index contributed by atoms with van der Waals surface area (Å²) >= 11 is 0. The second-order valence-corrected chi connectivity index (χ2v) is 2.25. The Morgan fingerprint density at radius 3 is 2.25 bits per heavy atom. The van der Waals surface area contributed by atoms with E-state index in [1.807, 2.05) is 5.32 Å². The van der Waals surface area contributed by atoms with Gasteiger partial charge in [0, 0.05) is 6.42 Å². The Kier molecular flexibility index (Phi) is 3.62. The summed E-state index contributed by atoms with van der Waals surface area (Å²) in [4.78, 5) is 20.2. The van der Waals surface area contributed by atoms with Gasteiger partial charge in [-0.2, -0.15) is 0 Å². The number of carbonyl (C=O) groups is 2. The van der Waals surface area contributed by atoms with Crippen molar-refractivity contribution in [1.82, 2.24) is 5.32 Å². The van der Waals surface area contributed by atoms with Crippen LogP contribution < -0.4 is 5.32 Å². The Bertz CT molecular complexity index is 196. The molecule has 0 aromatic heterocycles. The van der Waals surface area contributed by atoms with Crippen molar-refractivity contribution in [2.75, 3.05) is 7.05 Å². The molecule has 0 unspecified atom stereocenters. The van der Waals surface area contributed by atoms with Crippen LogP contribution in [0.4, 0.5) is 4.39 Å². The largest absolute Gasteiger partial charge is 0.481 e. The summed E-state index contributed by atoms with van der Waals surface area (Å²) < 4.78 is 13.0. The predicted octanol–water partition coefficient (Wildman–Crippen LogP) is -0.179. The molecule has 0 heterocycles. The molecule has 70 valence electrons. The fraction of sp³-hybridized carbons (Fsp3) is 0.667. The summed E-state index contributed by atoms with van der Waals surface area (Å²) in [6, 6.07) is 0. The van der Waals surface area contributed by atoms with Crippen molar-refractivity contribution < 1.29 is 24.2 Å². The molecule has 0 bridgehead atoms. The lowest BCUT2D eigenvalue weighted by Crippen LogP contribution is -2.46. The van der Waals surface area contributed by atoms with Crippen LogP contribution in [0.1, 0.15) is 12.8 Å². The molecule has 0 aliphatic carbocycles. The van der Waals surface area contributed by atoms with Crippen LogP contribution >= 0.6 is 0 Å². The van der Waals surface area contributed by atoms with Gasteiger partial charge in [-0.15, -0.1) is 0 Å². The van der Waals surface area contributed by atoms with E-state index in [1.54, 1.807) is 0 Å². The molecular formula is C6H10FNO4. The number of alkyl halides is 1. The van der Waals surface area contributed by atoms with Gasteiger partial charge in [0.05, 0.1) is 6.42 Å². The van der Waals surface area contributed by atoms with Crippen LogP contribution in [0.3, 0.4) is 0 Å². The van der Waals surface area contributed by atoms with Gasteiger partial charge in [-0.3, -0.25) is 10.1 Å². The molecule has 0 aliphatic rings. The number of aliphatic carboxylic acids is 2. The minimum Gasteiger partial charge on any atom is -0.481 e. The van der Waals surface area contributed by atoms with Crippen LogP contribution in [0.5, 0.6) is 0 Å². The molecule has 0 saturated carbocycles. The van der Waals surface area contributed by atoms with Crippen molar-refractivity contribution in [2.24, 2.45) is 0 Å². The predicted molar refractivity (Wildman–Crippen MR) is 37.4 cm³/mol. The maximum absolute atomic E-state index is 13.0. The number of carboxylic acids is 2. The fourth-order valence-electron chi connectivity index (χ4n) is 0.618. The van der Waals surface area contributed by atoms with Gasteiger partial charge in [-0.05, 0) is 7.05 Å². The molecule has 1 atom stereocenters. The highest BCUT2D eigenvalue weighted by atomic mass is 19.1. The van der Waals surface area contributed by atoms with E-state index in [2.05, 4.69) is 0 Å². The third-order valence-electron chi connectivity index (χ3n) is 1.42.